The summed E-state index contributed by atoms with van der Waals surface area (Å²) in [7, 11) is 3.45. The lowest BCUT2D eigenvalue weighted by Gasteiger charge is -2.70. The molecule has 7 rings (SSSR count). The molecule has 7 atom stereocenters. The van der Waals surface area contributed by atoms with E-state index >= 15 is 0 Å². The number of Topliss-reactive ketones (excluding diaryl/α,β-unsaturated/α-hetero) is 1. The van der Waals surface area contributed by atoms with Crippen LogP contribution in [0, 0.1) is 23.2 Å². The Balaban J connectivity index is 1.72. The highest BCUT2D eigenvalue weighted by atomic mass is 16.6. The average molecular weight is 380 g/mol. The Morgan fingerprint density at radius 3 is 2.79 bits per heavy atom. The zero-order valence-corrected chi connectivity index (χ0v) is 17.1. The zero-order valence-electron chi connectivity index (χ0n) is 17.1. The van der Waals surface area contributed by atoms with E-state index in [1.54, 1.807) is 21.1 Å². The van der Waals surface area contributed by atoms with Crippen LogP contribution in [-0.2, 0) is 21.4 Å². The van der Waals surface area contributed by atoms with E-state index in [2.05, 4.69) is 31.2 Å². The Hall–Kier alpha value is -1.81. The van der Waals surface area contributed by atoms with Gasteiger partial charge in [0.15, 0.2) is 11.5 Å². The van der Waals surface area contributed by atoms with Crippen LogP contribution in [0.2, 0.25) is 0 Å². The first-order valence-corrected chi connectivity index (χ1v) is 10.6. The first-order chi connectivity index (χ1) is 13.4. The molecule has 0 radical (unpaired) electrons. The number of carbonyl (C=O) groups excluding carboxylic acids is 1. The molecule has 2 spiro atoms. The summed E-state index contributed by atoms with van der Waals surface area (Å²) in [6.07, 6.45) is 8.67. The maximum atomic E-state index is 12.8. The molecule has 28 heavy (non-hydrogen) atoms. The second-order valence-corrected chi connectivity index (χ2v) is 9.73. The van der Waals surface area contributed by atoms with Crippen LogP contribution in [0.5, 0.6) is 11.5 Å². The van der Waals surface area contributed by atoms with Gasteiger partial charge in [-0.15, -0.1) is 0 Å². The Bertz CT molecular complexity index is 935. The highest BCUT2D eigenvalue weighted by molar-refractivity contribution is 5.82. The van der Waals surface area contributed by atoms with Crippen molar-refractivity contribution in [2.45, 2.75) is 56.7 Å². The molecule has 4 heteroatoms. The number of benzene rings is 1. The smallest absolute Gasteiger partial charge is 0.166 e. The minimum absolute atomic E-state index is 0.0312. The van der Waals surface area contributed by atoms with Crippen LogP contribution in [0.15, 0.2) is 24.3 Å². The summed E-state index contributed by atoms with van der Waals surface area (Å²) >= 11 is 0. The van der Waals surface area contributed by atoms with E-state index in [1.807, 2.05) is 0 Å². The molecule has 1 aromatic carbocycles. The molecule has 0 N–H and O–H groups in total. The first kappa shape index (κ1) is 17.1. The van der Waals surface area contributed by atoms with Crippen molar-refractivity contribution < 1.29 is 19.0 Å². The lowest BCUT2D eigenvalue weighted by Crippen LogP contribution is -2.76. The summed E-state index contributed by atoms with van der Waals surface area (Å²) in [5.74, 6) is 2.93. The summed E-state index contributed by atoms with van der Waals surface area (Å²) in [4.78, 5) is 12.8. The number of hydrogen-bond acceptors (Lipinski definition) is 4. The molecule has 1 aliphatic heterocycles. The molecular weight excluding hydrogens is 352 g/mol. The van der Waals surface area contributed by atoms with E-state index < -0.39 is 5.60 Å². The molecular formula is C24H28O4. The summed E-state index contributed by atoms with van der Waals surface area (Å²) in [6, 6.07) is 4.30. The van der Waals surface area contributed by atoms with Gasteiger partial charge in [0.2, 0.25) is 0 Å². The third-order valence-corrected chi connectivity index (χ3v) is 9.15. The van der Waals surface area contributed by atoms with Gasteiger partial charge < -0.3 is 14.2 Å². The lowest BCUT2D eigenvalue weighted by atomic mass is 9.33. The first-order valence-electron chi connectivity index (χ1n) is 10.6. The summed E-state index contributed by atoms with van der Waals surface area (Å²) < 4.78 is 18.7. The maximum absolute atomic E-state index is 12.8. The van der Waals surface area contributed by atoms with Crippen molar-refractivity contribution >= 4 is 5.78 Å². The van der Waals surface area contributed by atoms with Gasteiger partial charge in [0.1, 0.15) is 17.5 Å². The van der Waals surface area contributed by atoms with Gasteiger partial charge in [0.05, 0.1) is 13.0 Å². The third-order valence-electron chi connectivity index (χ3n) is 9.15. The zero-order chi connectivity index (χ0) is 19.5. The quantitative estimate of drug-likeness (QED) is 0.748. The Morgan fingerprint density at radius 2 is 2.07 bits per heavy atom. The van der Waals surface area contributed by atoms with Crippen molar-refractivity contribution in [1.82, 2.24) is 0 Å². The predicted octanol–water partition coefficient (Wildman–Crippen LogP) is 3.85. The van der Waals surface area contributed by atoms with Crippen LogP contribution in [0.3, 0.4) is 0 Å². The highest BCUT2D eigenvalue weighted by Crippen LogP contribution is 2.77. The summed E-state index contributed by atoms with van der Waals surface area (Å²) in [5, 5.41) is 0. The van der Waals surface area contributed by atoms with Crippen LogP contribution in [0.4, 0.5) is 0 Å². The topological polar surface area (TPSA) is 44.8 Å². The standard InChI is InChI=1S/C24H28O4/c1-13-7-8-23-19-15-5-6-18(26-3)20(19)28-21(23)24(27-4)10-9-22(23,16(13)11-15)12-17(24)14(2)25/h5-6,9-10,13,16-17,21H,7-8,11-12H2,1-4H3/t13-,16+,17+,21-,22-,23+,24-/m1/s1. The number of fused-ring (bicyclic) bond motifs is 1. The fourth-order valence-corrected chi connectivity index (χ4v) is 8.06. The molecule has 0 saturated heterocycles. The lowest BCUT2D eigenvalue weighted by molar-refractivity contribution is -0.213. The molecule has 0 aromatic heterocycles. The van der Waals surface area contributed by atoms with Crippen molar-refractivity contribution in [1.29, 1.82) is 0 Å². The Morgan fingerprint density at radius 1 is 1.25 bits per heavy atom. The SMILES string of the molecule is COc1ccc2c3c1O[C@H]1[C@@]4(OC)C=C[C@@]5(C[C@H]4C(C)=O)[C@@H](C2)[C@H](C)CC[C@]315. The molecule has 2 fully saturated rings. The molecule has 148 valence electrons. The molecule has 0 amide bonds. The van der Waals surface area contributed by atoms with E-state index in [1.165, 1.54) is 17.5 Å². The molecule has 6 aliphatic rings. The van der Waals surface area contributed by atoms with E-state index in [0.717, 1.165) is 30.8 Å². The second kappa shape index (κ2) is 5.02. The number of ether oxygens (including phenoxy) is 3. The molecule has 0 unspecified atom stereocenters. The van der Waals surface area contributed by atoms with E-state index in [9.17, 15) is 4.79 Å². The summed E-state index contributed by atoms with van der Waals surface area (Å²) in [6.45, 7) is 4.12. The molecule has 2 saturated carbocycles. The number of rotatable bonds is 3. The van der Waals surface area contributed by atoms with Crippen molar-refractivity contribution in [2.75, 3.05) is 14.2 Å². The predicted molar refractivity (Wildman–Crippen MR) is 105 cm³/mol. The van der Waals surface area contributed by atoms with Crippen molar-refractivity contribution in [3.63, 3.8) is 0 Å². The largest absolute Gasteiger partial charge is 0.493 e. The van der Waals surface area contributed by atoms with Gasteiger partial charge in [-0.3, -0.25) is 4.79 Å². The summed E-state index contributed by atoms with van der Waals surface area (Å²) in [5.41, 5.74) is 1.92. The van der Waals surface area contributed by atoms with Crippen LogP contribution >= 0.6 is 0 Å². The van der Waals surface area contributed by atoms with Crippen molar-refractivity contribution in [2.24, 2.45) is 23.2 Å². The normalized spacial score (nSPS) is 46.1. The van der Waals surface area contributed by atoms with Crippen LogP contribution in [-0.4, -0.2) is 31.7 Å². The molecule has 4 bridgehead atoms. The van der Waals surface area contributed by atoms with Gasteiger partial charge in [-0.2, -0.15) is 0 Å². The van der Waals surface area contributed by atoms with Gasteiger partial charge >= 0.3 is 0 Å². The molecule has 4 nitrogen and oxygen atoms in total. The van der Waals surface area contributed by atoms with Crippen LogP contribution < -0.4 is 9.47 Å². The Kier molecular flexibility index (Phi) is 3.06. The fraction of sp³-hybridized carbons (Fsp3) is 0.625. The van der Waals surface area contributed by atoms with E-state index in [-0.39, 0.29) is 28.6 Å². The number of hydrogen-bond donors (Lipinski definition) is 0. The average Bonchev–Trinajstić information content (AvgIpc) is 3.07. The van der Waals surface area contributed by atoms with E-state index in [0.29, 0.717) is 11.8 Å². The van der Waals surface area contributed by atoms with Gasteiger partial charge in [-0.1, -0.05) is 25.1 Å². The number of methoxy groups -OCH3 is 2. The fourth-order valence-electron chi connectivity index (χ4n) is 8.06. The van der Waals surface area contributed by atoms with Gasteiger partial charge in [-0.05, 0) is 56.1 Å². The van der Waals surface area contributed by atoms with Gasteiger partial charge in [0, 0.05) is 23.5 Å². The van der Waals surface area contributed by atoms with Crippen molar-refractivity contribution in [3.05, 3.63) is 35.4 Å². The van der Waals surface area contributed by atoms with Crippen LogP contribution in [0.1, 0.15) is 44.2 Å². The van der Waals surface area contributed by atoms with Crippen molar-refractivity contribution in [3.8, 4) is 11.5 Å². The van der Waals surface area contributed by atoms with Crippen LogP contribution in [0.25, 0.3) is 0 Å². The molecule has 5 aliphatic carbocycles. The number of allylic oxidation sites excluding steroid dienone is 1. The monoisotopic (exact) mass is 380 g/mol. The second-order valence-electron chi connectivity index (χ2n) is 9.73. The number of ketones is 1. The third kappa shape index (κ3) is 1.50. The Labute approximate surface area is 166 Å². The van der Waals surface area contributed by atoms with Gasteiger partial charge in [0.25, 0.3) is 0 Å². The minimum atomic E-state index is -0.697. The molecule has 1 aromatic rings. The highest BCUT2D eigenvalue weighted by Gasteiger charge is 2.79. The number of carbonyl (C=O) groups is 1. The van der Waals surface area contributed by atoms with Gasteiger partial charge in [-0.25, -0.2) is 0 Å². The minimum Gasteiger partial charge on any atom is -0.493 e. The molecule has 1 heterocycles. The van der Waals surface area contributed by atoms with E-state index in [4.69, 9.17) is 14.2 Å². The maximum Gasteiger partial charge on any atom is 0.166 e.